The SMILES string of the molecule is NC(=O)COc1ccc(C=NO)cc1. The van der Waals surface area contributed by atoms with Crippen LogP contribution in [0, 0.1) is 0 Å². The quantitative estimate of drug-likeness (QED) is 0.412. The first-order valence-electron chi connectivity index (χ1n) is 3.91. The standard InChI is InChI=1S/C9H10N2O3/c10-9(12)6-14-8-3-1-7(2-4-8)5-11-13/h1-5,13H,6H2,(H2,10,12). The average Bonchev–Trinajstić information content (AvgIpc) is 2.17. The third-order valence-electron chi connectivity index (χ3n) is 1.47. The minimum Gasteiger partial charge on any atom is -0.484 e. The summed E-state index contributed by atoms with van der Waals surface area (Å²) in [5, 5.41) is 11.1. The molecule has 0 atom stereocenters. The lowest BCUT2D eigenvalue weighted by atomic mass is 10.2. The van der Waals surface area contributed by atoms with Gasteiger partial charge >= 0.3 is 0 Å². The lowest BCUT2D eigenvalue weighted by Crippen LogP contribution is -2.19. The van der Waals surface area contributed by atoms with Gasteiger partial charge in [0.1, 0.15) is 5.75 Å². The van der Waals surface area contributed by atoms with Crippen LogP contribution in [0.2, 0.25) is 0 Å². The summed E-state index contributed by atoms with van der Waals surface area (Å²) < 4.78 is 5.02. The largest absolute Gasteiger partial charge is 0.484 e. The minimum absolute atomic E-state index is 0.145. The zero-order chi connectivity index (χ0) is 10.4. The number of ether oxygens (including phenoxy) is 1. The second-order valence-electron chi connectivity index (χ2n) is 2.57. The predicted molar refractivity (Wildman–Crippen MR) is 50.5 cm³/mol. The van der Waals surface area contributed by atoms with Gasteiger partial charge < -0.3 is 15.7 Å². The maximum absolute atomic E-state index is 10.4. The first-order chi connectivity index (χ1) is 6.72. The van der Waals surface area contributed by atoms with Crippen LogP contribution in [0.15, 0.2) is 29.4 Å². The van der Waals surface area contributed by atoms with Gasteiger partial charge in [-0.25, -0.2) is 0 Å². The Balaban J connectivity index is 2.59. The average molecular weight is 194 g/mol. The molecule has 0 aromatic heterocycles. The van der Waals surface area contributed by atoms with Crippen LogP contribution < -0.4 is 10.5 Å². The van der Waals surface area contributed by atoms with Crippen LogP contribution in [0.25, 0.3) is 0 Å². The Morgan fingerprint density at radius 2 is 2.14 bits per heavy atom. The summed E-state index contributed by atoms with van der Waals surface area (Å²) in [7, 11) is 0. The van der Waals surface area contributed by atoms with Gasteiger partial charge in [-0.1, -0.05) is 5.16 Å². The van der Waals surface area contributed by atoms with Crippen molar-refractivity contribution in [2.24, 2.45) is 10.9 Å². The molecular weight excluding hydrogens is 184 g/mol. The van der Waals surface area contributed by atoms with E-state index >= 15 is 0 Å². The highest BCUT2D eigenvalue weighted by molar-refractivity contribution is 5.79. The van der Waals surface area contributed by atoms with Crippen molar-refractivity contribution in [3.8, 4) is 5.75 Å². The number of carbonyl (C=O) groups excluding carboxylic acids is 1. The molecule has 0 aliphatic carbocycles. The first-order valence-corrected chi connectivity index (χ1v) is 3.91. The molecule has 0 bridgehead atoms. The normalized spacial score (nSPS) is 10.3. The fourth-order valence-corrected chi connectivity index (χ4v) is 0.871. The molecule has 74 valence electrons. The third-order valence-corrected chi connectivity index (χ3v) is 1.47. The van der Waals surface area contributed by atoms with Crippen LogP contribution in [0.3, 0.4) is 0 Å². The second-order valence-corrected chi connectivity index (χ2v) is 2.57. The highest BCUT2D eigenvalue weighted by atomic mass is 16.5. The molecule has 0 saturated carbocycles. The number of carbonyl (C=O) groups is 1. The van der Waals surface area contributed by atoms with E-state index in [1.807, 2.05) is 0 Å². The molecule has 0 spiro atoms. The van der Waals surface area contributed by atoms with Crippen LogP contribution in [0.5, 0.6) is 5.75 Å². The molecular formula is C9H10N2O3. The van der Waals surface area contributed by atoms with Crippen LogP contribution in [0.4, 0.5) is 0 Å². The van der Waals surface area contributed by atoms with E-state index in [0.717, 1.165) is 5.56 Å². The molecule has 0 heterocycles. The van der Waals surface area contributed by atoms with Crippen molar-refractivity contribution in [3.63, 3.8) is 0 Å². The number of hydrogen-bond donors (Lipinski definition) is 2. The number of rotatable bonds is 4. The first kappa shape index (κ1) is 10.0. The number of amides is 1. The summed E-state index contributed by atoms with van der Waals surface area (Å²) in [5.74, 6) is 0.0184. The van der Waals surface area contributed by atoms with E-state index in [0.29, 0.717) is 5.75 Å². The molecule has 0 radical (unpaired) electrons. The summed E-state index contributed by atoms with van der Waals surface area (Å²) >= 11 is 0. The van der Waals surface area contributed by atoms with Gasteiger partial charge in [-0.15, -0.1) is 0 Å². The fourth-order valence-electron chi connectivity index (χ4n) is 0.871. The zero-order valence-corrected chi connectivity index (χ0v) is 7.38. The topological polar surface area (TPSA) is 84.9 Å². The van der Waals surface area contributed by atoms with E-state index in [1.165, 1.54) is 6.21 Å². The molecule has 1 rings (SSSR count). The summed E-state index contributed by atoms with van der Waals surface area (Å²) in [6.45, 7) is -0.145. The molecule has 1 aromatic rings. The molecule has 0 aliphatic rings. The maximum atomic E-state index is 10.4. The van der Waals surface area contributed by atoms with Gasteiger partial charge in [-0.05, 0) is 29.8 Å². The molecule has 3 N–H and O–H groups in total. The molecule has 0 fully saturated rings. The predicted octanol–water partition coefficient (Wildman–Crippen LogP) is 0.359. The maximum Gasteiger partial charge on any atom is 0.255 e. The van der Waals surface area contributed by atoms with Crippen LogP contribution in [0.1, 0.15) is 5.56 Å². The molecule has 0 unspecified atom stereocenters. The number of primary amides is 1. The van der Waals surface area contributed by atoms with Crippen LogP contribution >= 0.6 is 0 Å². The van der Waals surface area contributed by atoms with Crippen LogP contribution in [-0.2, 0) is 4.79 Å². The van der Waals surface area contributed by atoms with Gasteiger partial charge in [0.2, 0.25) is 0 Å². The second kappa shape index (κ2) is 4.86. The summed E-state index contributed by atoms with van der Waals surface area (Å²) in [6.07, 6.45) is 1.29. The number of oxime groups is 1. The summed E-state index contributed by atoms with van der Waals surface area (Å²) in [5.41, 5.74) is 5.63. The Hall–Kier alpha value is -2.04. The summed E-state index contributed by atoms with van der Waals surface area (Å²) in [6, 6.07) is 6.69. The van der Waals surface area contributed by atoms with Crippen molar-refractivity contribution < 1.29 is 14.7 Å². The van der Waals surface area contributed by atoms with E-state index in [4.69, 9.17) is 15.7 Å². The Bertz CT molecular complexity index is 332. The van der Waals surface area contributed by atoms with Gasteiger partial charge in [-0.2, -0.15) is 0 Å². The molecule has 1 aromatic carbocycles. The zero-order valence-electron chi connectivity index (χ0n) is 7.38. The molecule has 0 saturated heterocycles. The Kier molecular flexibility index (Phi) is 3.49. The summed E-state index contributed by atoms with van der Waals surface area (Å²) in [4.78, 5) is 10.4. The van der Waals surface area contributed by atoms with Gasteiger partial charge in [0.25, 0.3) is 5.91 Å². The van der Waals surface area contributed by atoms with E-state index in [-0.39, 0.29) is 6.61 Å². The fraction of sp³-hybridized carbons (Fsp3) is 0.111. The third kappa shape index (κ3) is 3.14. The number of nitrogens with zero attached hydrogens (tertiary/aromatic N) is 1. The lowest BCUT2D eigenvalue weighted by molar-refractivity contribution is -0.119. The van der Waals surface area contributed by atoms with E-state index in [2.05, 4.69) is 5.16 Å². The number of hydrogen-bond acceptors (Lipinski definition) is 4. The van der Waals surface area contributed by atoms with Gasteiger partial charge in [0.05, 0.1) is 6.21 Å². The van der Waals surface area contributed by atoms with Gasteiger partial charge in [0.15, 0.2) is 6.61 Å². The van der Waals surface area contributed by atoms with E-state index < -0.39 is 5.91 Å². The Morgan fingerprint density at radius 3 is 2.64 bits per heavy atom. The molecule has 5 nitrogen and oxygen atoms in total. The van der Waals surface area contributed by atoms with Crippen molar-refractivity contribution in [2.45, 2.75) is 0 Å². The lowest BCUT2D eigenvalue weighted by Gasteiger charge is -2.02. The molecule has 0 aliphatic heterocycles. The van der Waals surface area contributed by atoms with Crippen molar-refractivity contribution in [2.75, 3.05) is 6.61 Å². The molecule has 14 heavy (non-hydrogen) atoms. The highest BCUT2D eigenvalue weighted by Gasteiger charge is 1.96. The van der Waals surface area contributed by atoms with Crippen molar-refractivity contribution in [1.82, 2.24) is 0 Å². The highest BCUT2D eigenvalue weighted by Crippen LogP contribution is 2.10. The van der Waals surface area contributed by atoms with Crippen molar-refractivity contribution >= 4 is 12.1 Å². The molecule has 1 amide bonds. The molecule has 5 heteroatoms. The van der Waals surface area contributed by atoms with Crippen molar-refractivity contribution in [3.05, 3.63) is 29.8 Å². The van der Waals surface area contributed by atoms with E-state index in [9.17, 15) is 4.79 Å². The Morgan fingerprint density at radius 1 is 1.50 bits per heavy atom. The van der Waals surface area contributed by atoms with Gasteiger partial charge in [0, 0.05) is 0 Å². The Labute approximate surface area is 80.8 Å². The number of nitrogens with two attached hydrogens (primary N) is 1. The minimum atomic E-state index is -0.522. The number of benzene rings is 1. The van der Waals surface area contributed by atoms with Gasteiger partial charge in [-0.3, -0.25) is 4.79 Å². The van der Waals surface area contributed by atoms with Crippen LogP contribution in [-0.4, -0.2) is 23.9 Å². The van der Waals surface area contributed by atoms with E-state index in [1.54, 1.807) is 24.3 Å². The smallest absolute Gasteiger partial charge is 0.255 e. The monoisotopic (exact) mass is 194 g/mol. The van der Waals surface area contributed by atoms with Crippen molar-refractivity contribution in [1.29, 1.82) is 0 Å².